The van der Waals surface area contributed by atoms with E-state index >= 15 is 0 Å². The summed E-state index contributed by atoms with van der Waals surface area (Å²) in [5.41, 5.74) is 3.22. The van der Waals surface area contributed by atoms with Gasteiger partial charge < -0.3 is 9.64 Å². The Morgan fingerprint density at radius 3 is 2.82 bits per heavy atom. The topological polar surface area (TPSA) is 63.2 Å². The van der Waals surface area contributed by atoms with Crippen LogP contribution in [0.4, 0.5) is 0 Å². The van der Waals surface area contributed by atoms with Crippen LogP contribution in [0.1, 0.15) is 25.1 Å². The fourth-order valence-corrected chi connectivity index (χ4v) is 3.49. The third kappa shape index (κ3) is 3.51. The van der Waals surface area contributed by atoms with Crippen molar-refractivity contribution < 1.29 is 4.74 Å². The summed E-state index contributed by atoms with van der Waals surface area (Å²) >= 11 is 0. The molecular weight excluding hydrogens is 352 g/mol. The van der Waals surface area contributed by atoms with Gasteiger partial charge in [-0.15, -0.1) is 0 Å². The molecule has 4 rings (SSSR count). The summed E-state index contributed by atoms with van der Waals surface area (Å²) < 4.78 is 7.18. The number of morpholine rings is 1. The van der Waals surface area contributed by atoms with E-state index in [1.54, 1.807) is 10.9 Å². The fraction of sp³-hybridized carbons (Fsp3) is 0.273. The second kappa shape index (κ2) is 7.86. The lowest BCUT2D eigenvalue weighted by Gasteiger charge is -2.30. The monoisotopic (exact) mass is 376 g/mol. The number of ether oxygens (including phenoxy) is 1. The summed E-state index contributed by atoms with van der Waals surface area (Å²) in [6.45, 7) is 6.45. The minimum atomic E-state index is -0.102. The highest BCUT2D eigenvalue weighted by Crippen LogP contribution is 2.21. The summed E-state index contributed by atoms with van der Waals surface area (Å²) in [5.74, 6) is 0. The number of nitrogens with one attached hydrogen (secondary N) is 1. The average Bonchev–Trinajstić information content (AvgIpc) is 3.05. The maximum Gasteiger partial charge on any atom is 0.280 e. The number of H-pyrrole nitrogens is 1. The first kappa shape index (κ1) is 18.3. The molecule has 3 aromatic rings. The molecule has 1 unspecified atom stereocenters. The summed E-state index contributed by atoms with van der Waals surface area (Å²) in [5, 5.41) is 3.86. The Balaban J connectivity index is 1.83. The van der Waals surface area contributed by atoms with E-state index in [9.17, 15) is 4.79 Å². The van der Waals surface area contributed by atoms with Crippen molar-refractivity contribution in [3.05, 3.63) is 70.4 Å². The summed E-state index contributed by atoms with van der Waals surface area (Å²) in [6.07, 6.45) is 9.88. The molecule has 0 spiro atoms. The van der Waals surface area contributed by atoms with Gasteiger partial charge >= 0.3 is 0 Å². The second-order valence-electron chi connectivity index (χ2n) is 6.93. The molecule has 28 heavy (non-hydrogen) atoms. The molecule has 6 heteroatoms. The zero-order valence-electron chi connectivity index (χ0n) is 16.1. The van der Waals surface area contributed by atoms with Crippen molar-refractivity contribution in [1.29, 1.82) is 0 Å². The quantitative estimate of drug-likeness (QED) is 0.758. The van der Waals surface area contributed by atoms with Crippen LogP contribution in [0.15, 0.2) is 53.6 Å². The van der Waals surface area contributed by atoms with Crippen molar-refractivity contribution in [2.24, 2.45) is 0 Å². The van der Waals surface area contributed by atoms with Crippen molar-refractivity contribution >= 4 is 23.1 Å². The first-order chi connectivity index (χ1) is 13.7. The number of aromatic amines is 1. The average molecular weight is 376 g/mol. The number of fused-ring (bicyclic) bond motifs is 1. The number of rotatable bonds is 4. The Kier molecular flexibility index (Phi) is 5.12. The Bertz CT molecular complexity index is 1080. The van der Waals surface area contributed by atoms with Crippen molar-refractivity contribution in [1.82, 2.24) is 19.7 Å². The van der Waals surface area contributed by atoms with E-state index in [0.29, 0.717) is 5.39 Å². The fourth-order valence-electron chi connectivity index (χ4n) is 3.49. The normalized spacial score (nSPS) is 17.9. The van der Waals surface area contributed by atoms with Gasteiger partial charge in [0.2, 0.25) is 0 Å². The summed E-state index contributed by atoms with van der Waals surface area (Å²) in [4.78, 5) is 19.7. The summed E-state index contributed by atoms with van der Waals surface area (Å²) in [7, 11) is 0. The van der Waals surface area contributed by atoms with Crippen LogP contribution in [0, 0.1) is 0 Å². The molecular formula is C22H24N4O2. The molecule has 1 aliphatic heterocycles. The van der Waals surface area contributed by atoms with Crippen molar-refractivity contribution in [2.45, 2.75) is 20.0 Å². The van der Waals surface area contributed by atoms with Gasteiger partial charge in [0, 0.05) is 24.8 Å². The predicted molar refractivity (Wildman–Crippen MR) is 112 cm³/mol. The molecule has 1 fully saturated rings. The van der Waals surface area contributed by atoms with Crippen molar-refractivity contribution in [2.75, 3.05) is 19.7 Å². The first-order valence-corrected chi connectivity index (χ1v) is 9.53. The number of nitrogens with zero attached hydrogens (tertiary/aromatic N) is 3. The molecule has 1 aliphatic rings. The van der Waals surface area contributed by atoms with E-state index in [4.69, 9.17) is 4.74 Å². The van der Waals surface area contributed by atoms with Crippen LogP contribution in [0.5, 0.6) is 0 Å². The van der Waals surface area contributed by atoms with Crippen LogP contribution in [-0.4, -0.2) is 45.5 Å². The lowest BCUT2D eigenvalue weighted by molar-refractivity contribution is -0.00102. The molecule has 3 heterocycles. The largest absolute Gasteiger partial charge is 0.375 e. The number of pyridine rings is 1. The first-order valence-electron chi connectivity index (χ1n) is 9.53. The number of hydrogen-bond donors (Lipinski definition) is 1. The standard InChI is InChI=1S/C22H24N4O2/c1-3-7-20-18(10-11-25-12-13-28-16(2)15-25)21-19(14-23-20)22(27)26(24-21)17-8-5-4-6-9-17/h3-11,14,16,24H,12-13,15H2,1-2H3/b7-3-,11-10+. The zero-order valence-corrected chi connectivity index (χ0v) is 16.1. The van der Waals surface area contributed by atoms with Crippen LogP contribution in [0.25, 0.3) is 28.7 Å². The molecule has 144 valence electrons. The van der Waals surface area contributed by atoms with Crippen LogP contribution in [0.3, 0.4) is 0 Å². The Morgan fingerprint density at radius 2 is 2.07 bits per heavy atom. The smallest absolute Gasteiger partial charge is 0.280 e. The van der Waals surface area contributed by atoms with Gasteiger partial charge in [0.15, 0.2) is 0 Å². The highest BCUT2D eigenvalue weighted by molar-refractivity contribution is 5.89. The number of benzene rings is 1. The van der Waals surface area contributed by atoms with Gasteiger partial charge in [0.1, 0.15) is 0 Å². The Morgan fingerprint density at radius 1 is 1.25 bits per heavy atom. The number of allylic oxidation sites excluding steroid dienone is 1. The van der Waals surface area contributed by atoms with E-state index in [0.717, 1.165) is 42.2 Å². The highest BCUT2D eigenvalue weighted by Gasteiger charge is 2.16. The lowest BCUT2D eigenvalue weighted by atomic mass is 10.1. The van der Waals surface area contributed by atoms with E-state index < -0.39 is 0 Å². The van der Waals surface area contributed by atoms with Gasteiger partial charge in [-0.1, -0.05) is 24.3 Å². The molecule has 0 bridgehead atoms. The molecule has 0 aliphatic carbocycles. The third-order valence-corrected chi connectivity index (χ3v) is 4.87. The van der Waals surface area contributed by atoms with Gasteiger partial charge in [-0.25, -0.2) is 4.68 Å². The zero-order chi connectivity index (χ0) is 19.5. The van der Waals surface area contributed by atoms with Gasteiger partial charge in [-0.05, 0) is 44.3 Å². The minimum Gasteiger partial charge on any atom is -0.375 e. The highest BCUT2D eigenvalue weighted by atomic mass is 16.5. The molecule has 2 aromatic heterocycles. The van der Waals surface area contributed by atoms with Crippen LogP contribution in [-0.2, 0) is 4.74 Å². The molecule has 1 N–H and O–H groups in total. The van der Waals surface area contributed by atoms with E-state index in [1.807, 2.05) is 55.5 Å². The molecule has 1 atom stereocenters. The van der Waals surface area contributed by atoms with Gasteiger partial charge in [0.05, 0.1) is 35.0 Å². The van der Waals surface area contributed by atoms with E-state index in [2.05, 4.69) is 28.1 Å². The molecule has 1 aromatic carbocycles. The molecule has 6 nitrogen and oxygen atoms in total. The van der Waals surface area contributed by atoms with E-state index in [-0.39, 0.29) is 11.7 Å². The maximum atomic E-state index is 12.9. The molecule has 1 saturated heterocycles. The van der Waals surface area contributed by atoms with Crippen molar-refractivity contribution in [3.8, 4) is 5.69 Å². The predicted octanol–water partition coefficient (Wildman–Crippen LogP) is 3.44. The Labute approximate surface area is 163 Å². The van der Waals surface area contributed by atoms with Crippen LogP contribution < -0.4 is 5.56 Å². The van der Waals surface area contributed by atoms with Gasteiger partial charge in [0.25, 0.3) is 5.56 Å². The molecule has 0 radical (unpaired) electrons. The minimum absolute atomic E-state index is 0.102. The van der Waals surface area contributed by atoms with Crippen LogP contribution in [0.2, 0.25) is 0 Å². The number of hydrogen-bond acceptors (Lipinski definition) is 4. The van der Waals surface area contributed by atoms with Crippen LogP contribution >= 0.6 is 0 Å². The Hall–Kier alpha value is -3.12. The maximum absolute atomic E-state index is 12.9. The molecule has 0 saturated carbocycles. The molecule has 0 amide bonds. The SMILES string of the molecule is C/C=C\c1ncc2c(=O)n(-c3ccccc3)[nH]c2c1/C=C/N1CCOC(C)C1. The van der Waals surface area contributed by atoms with Gasteiger partial charge in [-0.2, -0.15) is 0 Å². The lowest BCUT2D eigenvalue weighted by Crippen LogP contribution is -2.37. The summed E-state index contributed by atoms with van der Waals surface area (Å²) in [6, 6.07) is 9.57. The number of para-hydroxylation sites is 1. The number of aromatic nitrogens is 3. The van der Waals surface area contributed by atoms with Gasteiger partial charge in [-0.3, -0.25) is 14.9 Å². The van der Waals surface area contributed by atoms with E-state index in [1.165, 1.54) is 0 Å². The second-order valence-corrected chi connectivity index (χ2v) is 6.93. The van der Waals surface area contributed by atoms with Crippen molar-refractivity contribution in [3.63, 3.8) is 0 Å². The third-order valence-electron chi connectivity index (χ3n) is 4.87.